The number of alkyl halides is 3. The van der Waals surface area contributed by atoms with E-state index in [1.807, 2.05) is 36.4 Å². The lowest BCUT2D eigenvalue weighted by Gasteiger charge is -2.11. The summed E-state index contributed by atoms with van der Waals surface area (Å²) >= 11 is 1.21. The number of benzene rings is 4. The normalized spacial score (nSPS) is 12.2. The number of nitrogens with zero attached hydrogens (tertiary/aromatic N) is 4. The zero-order valence-electron chi connectivity index (χ0n) is 24.5. The fourth-order valence-electron chi connectivity index (χ4n) is 6.31. The van der Waals surface area contributed by atoms with Crippen molar-refractivity contribution in [2.75, 3.05) is 0 Å². The van der Waals surface area contributed by atoms with E-state index in [1.54, 1.807) is 43.3 Å². The highest BCUT2D eigenvalue weighted by atomic mass is 32.1. The standard InChI is InChI=1S/C38H15F5N4S/c1-18-2-3-21(12-30(18)39)19-4-7-25-27(10-19)32(23(14-44)15-45)36-34(25)35-26-8-5-20(22-6-9-29(31(40)13-22)38(41,42)43)11-28(26)33(37(35)48-36)24(16-46)17-47/h2-13H,1H3. The molecule has 0 fully saturated rings. The van der Waals surface area contributed by atoms with Gasteiger partial charge in [-0.15, -0.1) is 11.3 Å². The van der Waals surface area contributed by atoms with Crippen LogP contribution in [0.3, 0.4) is 0 Å². The predicted molar refractivity (Wildman–Crippen MR) is 170 cm³/mol. The lowest BCUT2D eigenvalue weighted by molar-refractivity contribution is -0.139. The molecule has 48 heavy (non-hydrogen) atoms. The third kappa shape index (κ3) is 4.43. The highest BCUT2D eigenvalue weighted by molar-refractivity contribution is 7.16. The van der Waals surface area contributed by atoms with Crippen LogP contribution < -0.4 is 0 Å². The van der Waals surface area contributed by atoms with E-state index in [1.165, 1.54) is 17.4 Å². The molecule has 0 saturated carbocycles. The number of halogens is 5. The second-order valence-electron chi connectivity index (χ2n) is 11.1. The van der Waals surface area contributed by atoms with Gasteiger partial charge < -0.3 is 0 Å². The molecule has 228 valence electrons. The van der Waals surface area contributed by atoms with E-state index in [0.717, 1.165) is 12.1 Å². The van der Waals surface area contributed by atoms with E-state index in [9.17, 15) is 43.0 Å². The fourth-order valence-corrected chi connectivity index (χ4v) is 7.77. The Balaban J connectivity index is 1.48. The summed E-state index contributed by atoms with van der Waals surface area (Å²) < 4.78 is 68.7. The quantitative estimate of drug-likeness (QED) is 0.137. The second kappa shape index (κ2) is 10.9. The molecular weight excluding hydrogens is 640 g/mol. The number of allylic oxidation sites excluding steroid dienone is 2. The van der Waals surface area contributed by atoms with Crippen LogP contribution in [0, 0.1) is 63.9 Å². The Morgan fingerprint density at radius 1 is 0.562 bits per heavy atom. The van der Waals surface area contributed by atoms with Gasteiger partial charge in [0.25, 0.3) is 0 Å². The Hall–Kier alpha value is -6.33. The number of fused-ring (bicyclic) bond motifs is 7. The van der Waals surface area contributed by atoms with Gasteiger partial charge in [0.05, 0.1) is 5.56 Å². The summed E-state index contributed by atoms with van der Waals surface area (Å²) in [6.45, 7) is 1.66. The van der Waals surface area contributed by atoms with E-state index in [2.05, 4.69) is 0 Å². The molecule has 5 aromatic rings. The van der Waals surface area contributed by atoms with E-state index in [0.29, 0.717) is 82.6 Å². The molecule has 0 radical (unpaired) electrons. The maximum atomic E-state index is 14.5. The number of hydrogen-bond acceptors (Lipinski definition) is 5. The molecule has 7 rings (SSSR count). The second-order valence-corrected chi connectivity index (χ2v) is 12.2. The largest absolute Gasteiger partial charge is 0.419 e. The van der Waals surface area contributed by atoms with Crippen LogP contribution in [0.2, 0.25) is 0 Å². The summed E-state index contributed by atoms with van der Waals surface area (Å²) in [4.78, 5) is 1.14. The van der Waals surface area contributed by atoms with Crippen LogP contribution >= 0.6 is 11.3 Å². The molecule has 0 bridgehead atoms. The van der Waals surface area contributed by atoms with E-state index >= 15 is 0 Å². The maximum Gasteiger partial charge on any atom is 0.419 e. The molecule has 4 nitrogen and oxygen atoms in total. The zero-order chi connectivity index (χ0) is 34.1. The molecule has 1 aromatic heterocycles. The summed E-state index contributed by atoms with van der Waals surface area (Å²) in [5.41, 5.74) is 4.91. The third-order valence-electron chi connectivity index (χ3n) is 8.54. The van der Waals surface area contributed by atoms with Gasteiger partial charge in [-0.05, 0) is 87.3 Å². The van der Waals surface area contributed by atoms with Crippen molar-refractivity contribution in [2.24, 2.45) is 0 Å². The first-order chi connectivity index (χ1) is 23.0. The van der Waals surface area contributed by atoms with Crippen molar-refractivity contribution in [3.63, 3.8) is 0 Å². The van der Waals surface area contributed by atoms with Crippen molar-refractivity contribution < 1.29 is 22.0 Å². The fraction of sp³-hybridized carbons (Fsp3) is 0.0526. The monoisotopic (exact) mass is 654 g/mol. The van der Waals surface area contributed by atoms with Crippen LogP contribution in [-0.4, -0.2) is 0 Å². The lowest BCUT2D eigenvalue weighted by Crippen LogP contribution is -2.07. The lowest BCUT2D eigenvalue weighted by atomic mass is 9.93. The molecule has 0 N–H and O–H groups in total. The SMILES string of the molecule is Cc1ccc(-c2ccc3c(c2)C(=C(C#N)C#N)c2sc4c(c2-3)-c2ccc(-c3ccc(C(F)(F)F)c(F)c3)cc2C4=C(C#N)C#N)cc1F. The Bertz CT molecular complexity index is 2490. The third-order valence-corrected chi connectivity index (χ3v) is 9.76. The number of rotatable bonds is 2. The van der Waals surface area contributed by atoms with Gasteiger partial charge in [0.1, 0.15) is 47.1 Å². The smallest absolute Gasteiger partial charge is 0.207 e. The minimum absolute atomic E-state index is 0.145. The van der Waals surface area contributed by atoms with Crippen LogP contribution in [0.4, 0.5) is 22.0 Å². The van der Waals surface area contributed by atoms with E-state index in [-0.39, 0.29) is 22.5 Å². The predicted octanol–water partition coefficient (Wildman–Crippen LogP) is 10.3. The van der Waals surface area contributed by atoms with Gasteiger partial charge in [-0.3, -0.25) is 0 Å². The summed E-state index contributed by atoms with van der Waals surface area (Å²) in [6, 6.07) is 25.7. The van der Waals surface area contributed by atoms with Crippen LogP contribution in [0.5, 0.6) is 0 Å². The Labute approximate surface area is 274 Å². The molecule has 10 heteroatoms. The van der Waals surface area contributed by atoms with Crippen molar-refractivity contribution in [1.29, 1.82) is 21.0 Å². The van der Waals surface area contributed by atoms with Gasteiger partial charge in [-0.1, -0.05) is 42.5 Å². The van der Waals surface area contributed by atoms with Crippen LogP contribution in [0.1, 0.15) is 32.0 Å². The van der Waals surface area contributed by atoms with Crippen molar-refractivity contribution >= 4 is 22.5 Å². The Kier molecular flexibility index (Phi) is 6.88. The topological polar surface area (TPSA) is 95.2 Å². The van der Waals surface area contributed by atoms with Crippen molar-refractivity contribution in [3.05, 3.63) is 128 Å². The van der Waals surface area contributed by atoms with Crippen LogP contribution in [0.15, 0.2) is 83.9 Å². The Morgan fingerprint density at radius 2 is 0.979 bits per heavy atom. The molecule has 0 atom stereocenters. The number of hydrogen-bond donors (Lipinski definition) is 0. The molecule has 0 spiro atoms. The van der Waals surface area contributed by atoms with Gasteiger partial charge in [0.15, 0.2) is 0 Å². The molecule has 0 amide bonds. The van der Waals surface area contributed by atoms with Crippen molar-refractivity contribution in [3.8, 4) is 68.8 Å². The van der Waals surface area contributed by atoms with Gasteiger partial charge >= 0.3 is 6.18 Å². The minimum Gasteiger partial charge on any atom is -0.207 e. The highest BCUT2D eigenvalue weighted by Gasteiger charge is 2.40. The van der Waals surface area contributed by atoms with Gasteiger partial charge in [-0.25, -0.2) is 8.78 Å². The number of aryl methyl sites for hydroxylation is 1. The molecule has 2 aliphatic rings. The average molecular weight is 655 g/mol. The first-order valence-electron chi connectivity index (χ1n) is 14.2. The molecular formula is C38H15F5N4S. The van der Waals surface area contributed by atoms with E-state index in [4.69, 9.17) is 0 Å². The summed E-state index contributed by atoms with van der Waals surface area (Å²) in [7, 11) is 0. The molecule has 0 unspecified atom stereocenters. The number of nitriles is 4. The molecule has 0 aliphatic heterocycles. The van der Waals surface area contributed by atoms with Gasteiger partial charge in [0, 0.05) is 32.0 Å². The zero-order valence-corrected chi connectivity index (χ0v) is 25.3. The number of thiophene rings is 1. The molecule has 0 saturated heterocycles. The molecule has 4 aromatic carbocycles. The maximum absolute atomic E-state index is 14.5. The highest BCUT2D eigenvalue weighted by Crippen LogP contribution is 2.61. The summed E-state index contributed by atoms with van der Waals surface area (Å²) in [6.07, 6.45) is -4.86. The summed E-state index contributed by atoms with van der Waals surface area (Å²) in [5, 5.41) is 39.9. The van der Waals surface area contributed by atoms with Gasteiger partial charge in [0.2, 0.25) is 0 Å². The average Bonchev–Trinajstić information content (AvgIpc) is 3.69. The van der Waals surface area contributed by atoms with Crippen molar-refractivity contribution in [1.82, 2.24) is 0 Å². The first-order valence-corrected chi connectivity index (χ1v) is 15.0. The van der Waals surface area contributed by atoms with Gasteiger partial charge in [-0.2, -0.15) is 34.2 Å². The molecule has 2 aliphatic carbocycles. The van der Waals surface area contributed by atoms with E-state index < -0.39 is 17.6 Å². The van der Waals surface area contributed by atoms with Crippen LogP contribution in [-0.2, 0) is 6.18 Å². The van der Waals surface area contributed by atoms with Crippen molar-refractivity contribution in [2.45, 2.75) is 13.1 Å². The minimum atomic E-state index is -4.86. The first kappa shape index (κ1) is 30.3. The Morgan fingerprint density at radius 3 is 1.40 bits per heavy atom. The van der Waals surface area contributed by atoms with Crippen LogP contribution in [0.25, 0.3) is 55.7 Å². The summed E-state index contributed by atoms with van der Waals surface area (Å²) in [5.74, 6) is -1.81. The molecule has 1 heterocycles.